The summed E-state index contributed by atoms with van der Waals surface area (Å²) in [5, 5.41) is 6.52. The van der Waals surface area contributed by atoms with E-state index in [4.69, 9.17) is 14.2 Å². The van der Waals surface area contributed by atoms with Gasteiger partial charge in [0.25, 0.3) is 20.1 Å². The Kier molecular flexibility index (Phi) is 10.3. The Morgan fingerprint density at radius 3 is 1.62 bits per heavy atom. The van der Waals surface area contributed by atoms with Crippen LogP contribution in [0.5, 0.6) is 34.5 Å². The van der Waals surface area contributed by atoms with Crippen LogP contribution in [0.3, 0.4) is 0 Å². The molecule has 404 valence electrons. The fourth-order valence-corrected chi connectivity index (χ4v) is 18.4. The normalized spacial score (nSPS) is 13.9. The Bertz CT molecular complexity index is 5170. The van der Waals surface area contributed by atoms with Gasteiger partial charge in [-0.1, -0.05) is 133 Å². The van der Waals surface area contributed by atoms with Crippen molar-refractivity contribution in [1.29, 1.82) is 0 Å². The lowest BCUT2D eigenvalue weighted by Crippen LogP contribution is -2.64. The van der Waals surface area contributed by atoms with Crippen molar-refractivity contribution in [2.75, 3.05) is 20.8 Å². The van der Waals surface area contributed by atoms with Gasteiger partial charge in [-0.05, 0) is 182 Å². The van der Waals surface area contributed by atoms with Gasteiger partial charge in [0, 0.05) is 76.3 Å². The van der Waals surface area contributed by atoms with Gasteiger partial charge in [0.15, 0.2) is 0 Å². The first-order valence-corrected chi connectivity index (χ1v) is 32.2. The average Bonchev–Trinajstić information content (AvgIpc) is 1.32. The number of benzene rings is 11. The van der Waals surface area contributed by atoms with E-state index in [2.05, 4.69) is 254 Å². The van der Waals surface area contributed by atoms with Crippen LogP contribution in [0.2, 0.25) is 0 Å². The van der Waals surface area contributed by atoms with E-state index in [-0.39, 0.29) is 20.1 Å². The minimum Gasteiger partial charge on any atom is -0.458 e. The molecule has 0 radical (unpaired) electrons. The predicted octanol–water partition coefficient (Wildman–Crippen LogP) is 14.5. The van der Waals surface area contributed by atoms with E-state index in [0.29, 0.717) is 0 Å². The lowest BCUT2D eigenvalue weighted by molar-refractivity contribution is 0.465. The Labute approximate surface area is 511 Å². The number of anilines is 7. The largest absolute Gasteiger partial charge is 0.458 e. The summed E-state index contributed by atoms with van der Waals surface area (Å²) in [4.78, 5) is 2.54. The number of thiophene rings is 2. The summed E-state index contributed by atoms with van der Waals surface area (Å²) in [6.07, 6.45) is 2.19. The van der Waals surface area contributed by atoms with Gasteiger partial charge in [-0.15, -0.1) is 22.7 Å². The standard InChI is InChI=1S/C74H48B3N3O3S3/c1-40-18-8-11-23-47(40)43-30-57-68-59(31-43)79(46-21-6-5-7-22-46)71-50-26-14-16-28-66(50)85-73(71)76(68)52-36-54-61(38-56(52)78-57)81-64-34-45(49-25-13-10-20-42(49)3)35-65-70(64)75(54)55-37-53-58(39-62(55)82-65)80(84-4)60-32-44(48-24-12-9-19-41(48)2)33-63-69(60)77(53)74-72(83-63)51-27-15-17-29-67(51)86-74/h5-39,78H,1-4H3. The van der Waals surface area contributed by atoms with E-state index < -0.39 is 0 Å². The van der Waals surface area contributed by atoms with Gasteiger partial charge in [-0.25, -0.2) is 0 Å². The van der Waals surface area contributed by atoms with E-state index in [1.54, 1.807) is 11.9 Å². The third-order valence-corrected chi connectivity index (χ3v) is 22.1. The number of rotatable bonds is 5. The smallest absolute Gasteiger partial charge is 0.268 e. The van der Waals surface area contributed by atoms with Crippen LogP contribution >= 0.6 is 34.6 Å². The molecule has 86 heavy (non-hydrogen) atoms. The molecule has 0 fully saturated rings. The van der Waals surface area contributed by atoms with Crippen molar-refractivity contribution in [3.8, 4) is 67.9 Å². The van der Waals surface area contributed by atoms with Crippen LogP contribution in [-0.2, 0) is 0 Å². The molecular formula is C74H48B3N3O3S3. The van der Waals surface area contributed by atoms with Gasteiger partial charge in [-0.3, -0.25) is 4.31 Å². The van der Waals surface area contributed by atoms with E-state index >= 15 is 0 Å². The quantitative estimate of drug-likeness (QED) is 0.136. The summed E-state index contributed by atoms with van der Waals surface area (Å²) in [5.74, 6) is 5.16. The van der Waals surface area contributed by atoms with Crippen LogP contribution in [0.15, 0.2) is 212 Å². The van der Waals surface area contributed by atoms with Gasteiger partial charge in [0.2, 0.25) is 0 Å². The van der Waals surface area contributed by atoms with Crippen LogP contribution < -0.4 is 76.5 Å². The summed E-state index contributed by atoms with van der Waals surface area (Å²) in [7, 11) is 0. The molecule has 2 aromatic heterocycles. The second-order valence-electron chi connectivity index (χ2n) is 23.6. The van der Waals surface area contributed by atoms with Crippen LogP contribution in [0.1, 0.15) is 16.7 Å². The first-order chi connectivity index (χ1) is 42.3. The topological polar surface area (TPSA) is 46.2 Å². The number of para-hydroxylation sites is 1. The molecule has 19 rings (SSSR count). The summed E-state index contributed by atoms with van der Waals surface area (Å²) in [6, 6.07) is 78.4. The van der Waals surface area contributed by atoms with Crippen LogP contribution in [0, 0.1) is 20.8 Å². The molecule has 0 atom stereocenters. The van der Waals surface area contributed by atoms with Crippen LogP contribution in [0.25, 0.3) is 53.6 Å². The lowest BCUT2D eigenvalue weighted by Gasteiger charge is -2.41. The molecule has 6 aliphatic heterocycles. The van der Waals surface area contributed by atoms with Crippen molar-refractivity contribution >= 4 is 163 Å². The fraction of sp³-hybridized carbons (Fsp3) is 0.0541. The number of hydrogen-bond donors (Lipinski definition) is 1. The third-order valence-electron chi connectivity index (χ3n) is 18.9. The van der Waals surface area contributed by atoms with E-state index in [9.17, 15) is 0 Å². The molecule has 0 unspecified atom stereocenters. The van der Waals surface area contributed by atoms with Gasteiger partial charge in [-0.2, -0.15) is 0 Å². The highest BCUT2D eigenvalue weighted by Gasteiger charge is 2.50. The van der Waals surface area contributed by atoms with Crippen molar-refractivity contribution < 1.29 is 14.2 Å². The zero-order valence-electron chi connectivity index (χ0n) is 47.3. The molecule has 1 N–H and O–H groups in total. The maximum atomic E-state index is 7.48. The second kappa shape index (κ2) is 18.1. The zero-order valence-corrected chi connectivity index (χ0v) is 49.7. The fourth-order valence-electron chi connectivity index (χ4n) is 15.1. The molecule has 0 spiro atoms. The Morgan fingerprint density at radius 2 is 0.942 bits per heavy atom. The lowest BCUT2D eigenvalue weighted by atomic mass is 9.31. The molecule has 13 aromatic rings. The minimum absolute atomic E-state index is 0.0878. The summed E-state index contributed by atoms with van der Waals surface area (Å²) < 4.78 is 29.7. The maximum absolute atomic E-state index is 7.48. The molecule has 0 saturated heterocycles. The first-order valence-electron chi connectivity index (χ1n) is 29.4. The summed E-state index contributed by atoms with van der Waals surface area (Å²) >= 11 is 5.50. The number of ether oxygens (including phenoxy) is 3. The number of nitrogens with one attached hydrogen (secondary N) is 1. The van der Waals surface area contributed by atoms with Crippen molar-refractivity contribution in [3.63, 3.8) is 0 Å². The minimum atomic E-state index is -0.238. The van der Waals surface area contributed by atoms with Gasteiger partial charge < -0.3 is 24.4 Å². The molecule has 11 aromatic carbocycles. The first kappa shape index (κ1) is 49.0. The van der Waals surface area contributed by atoms with E-state index in [0.717, 1.165) is 101 Å². The van der Waals surface area contributed by atoms with Crippen LogP contribution in [-0.4, -0.2) is 26.4 Å². The molecule has 0 saturated carbocycles. The van der Waals surface area contributed by atoms with Crippen LogP contribution in [0.4, 0.5) is 39.8 Å². The third kappa shape index (κ3) is 6.83. The van der Waals surface area contributed by atoms with Crippen molar-refractivity contribution in [2.24, 2.45) is 0 Å². The van der Waals surface area contributed by atoms with Gasteiger partial charge in [0.1, 0.15) is 34.5 Å². The summed E-state index contributed by atoms with van der Waals surface area (Å²) in [5.41, 5.74) is 26.7. The molecule has 6 nitrogen and oxygen atoms in total. The maximum Gasteiger partial charge on any atom is 0.268 e. The zero-order chi connectivity index (χ0) is 56.8. The monoisotopic (exact) mass is 1160 g/mol. The Balaban J connectivity index is 0.864. The van der Waals surface area contributed by atoms with E-state index in [1.807, 2.05) is 22.7 Å². The Morgan fingerprint density at radius 1 is 0.407 bits per heavy atom. The predicted molar refractivity (Wildman–Crippen MR) is 368 cm³/mol. The highest BCUT2D eigenvalue weighted by Crippen LogP contribution is 2.50. The highest BCUT2D eigenvalue weighted by atomic mass is 32.2. The molecule has 6 aliphatic rings. The number of fused-ring (bicyclic) bond motifs is 16. The van der Waals surface area contributed by atoms with Gasteiger partial charge >= 0.3 is 0 Å². The van der Waals surface area contributed by atoms with Crippen molar-refractivity contribution in [3.05, 3.63) is 229 Å². The highest BCUT2D eigenvalue weighted by molar-refractivity contribution is 8.00. The average molecular weight is 1160 g/mol. The molecule has 12 heteroatoms. The SMILES string of the molecule is CSN1c2cc3c(cc2B2c4sc5ccccc5c4Oc4cc(-c5ccccc5C)cc1c42)B1c2cc4c(cc2Oc2cc(-c5ccccc5C)cc(c21)O3)Nc1cc(-c2ccccc2C)cc2c1B4c1sc3ccccc3c1N2c1ccccc1. The van der Waals surface area contributed by atoms with Gasteiger partial charge in [0.05, 0.1) is 17.1 Å². The van der Waals surface area contributed by atoms with Crippen molar-refractivity contribution in [2.45, 2.75) is 20.8 Å². The molecule has 0 bridgehead atoms. The molecule has 0 aliphatic carbocycles. The number of hydrogen-bond acceptors (Lipinski definition) is 9. The number of aryl methyl sites for hydroxylation is 3. The molecule has 8 heterocycles. The summed E-state index contributed by atoms with van der Waals surface area (Å²) in [6.45, 7) is 6.17. The second-order valence-corrected chi connectivity index (χ2v) is 26.5. The van der Waals surface area contributed by atoms with Crippen molar-refractivity contribution in [1.82, 2.24) is 0 Å². The molecule has 0 amide bonds. The molecular weight excluding hydrogens is 1110 g/mol. The Hall–Kier alpha value is -9.32. The van der Waals surface area contributed by atoms with E-state index in [1.165, 1.54) is 90.9 Å². The number of nitrogens with zero attached hydrogens (tertiary/aromatic N) is 2.